The average molecular weight is 232 g/mol. The summed E-state index contributed by atoms with van der Waals surface area (Å²) in [6.07, 6.45) is 0. The third kappa shape index (κ3) is 2.18. The van der Waals surface area contributed by atoms with Crippen LogP contribution in [0.5, 0.6) is 5.75 Å². The third-order valence-electron chi connectivity index (χ3n) is 2.75. The number of rotatable bonds is 1. The molecule has 0 bridgehead atoms. The summed E-state index contributed by atoms with van der Waals surface area (Å²) < 4.78 is 10.4. The van der Waals surface area contributed by atoms with Crippen LogP contribution in [0.25, 0.3) is 11.0 Å². The molecule has 1 heterocycles. The number of methoxy groups -OCH3 is 1. The molecule has 0 aliphatic rings. The predicted molar refractivity (Wildman–Crippen MR) is 67.7 cm³/mol. The number of fused-ring (bicyclic) bond motifs is 1. The molecule has 3 nitrogen and oxygen atoms in total. The summed E-state index contributed by atoms with van der Waals surface area (Å²) in [5.74, 6) is 0.684. The molecule has 1 aromatic heterocycles. The van der Waals surface area contributed by atoms with Gasteiger partial charge in [-0.1, -0.05) is 20.8 Å². The minimum Gasteiger partial charge on any atom is -0.497 e. The molecule has 0 fully saturated rings. The standard InChI is InChI=1S/C14H16O3/c1-14(2,3)11-7-9-5-6-10(16-4)8-12(9)17-13(11)15/h5-8H,1-4H3. The smallest absolute Gasteiger partial charge is 0.339 e. The molecule has 0 atom stereocenters. The van der Waals surface area contributed by atoms with Gasteiger partial charge in [0.15, 0.2) is 0 Å². The van der Waals surface area contributed by atoms with E-state index in [1.165, 1.54) is 0 Å². The van der Waals surface area contributed by atoms with Crippen LogP contribution < -0.4 is 10.4 Å². The van der Waals surface area contributed by atoms with E-state index in [2.05, 4.69) is 0 Å². The Kier molecular flexibility index (Phi) is 2.69. The lowest BCUT2D eigenvalue weighted by molar-refractivity contribution is 0.413. The molecule has 0 aliphatic carbocycles. The van der Waals surface area contributed by atoms with Crippen molar-refractivity contribution in [1.29, 1.82) is 0 Å². The highest BCUT2D eigenvalue weighted by Crippen LogP contribution is 2.25. The van der Waals surface area contributed by atoms with Gasteiger partial charge in [0, 0.05) is 17.0 Å². The molecule has 2 aromatic rings. The first-order valence-electron chi connectivity index (χ1n) is 5.54. The molecule has 0 amide bonds. The normalized spacial score (nSPS) is 11.8. The van der Waals surface area contributed by atoms with Gasteiger partial charge in [-0.05, 0) is 23.6 Å². The Bertz CT molecular complexity index is 603. The zero-order valence-corrected chi connectivity index (χ0v) is 10.5. The van der Waals surface area contributed by atoms with Gasteiger partial charge in [0.05, 0.1) is 7.11 Å². The maximum Gasteiger partial charge on any atom is 0.339 e. The van der Waals surface area contributed by atoms with E-state index in [0.29, 0.717) is 16.9 Å². The molecule has 0 radical (unpaired) electrons. The third-order valence-corrected chi connectivity index (χ3v) is 2.75. The van der Waals surface area contributed by atoms with E-state index in [0.717, 1.165) is 5.39 Å². The summed E-state index contributed by atoms with van der Waals surface area (Å²) in [7, 11) is 1.59. The Balaban J connectivity index is 2.71. The van der Waals surface area contributed by atoms with E-state index in [1.54, 1.807) is 13.2 Å². The van der Waals surface area contributed by atoms with Crippen molar-refractivity contribution in [2.45, 2.75) is 26.2 Å². The minimum atomic E-state index is -0.279. The molecule has 0 saturated carbocycles. The largest absolute Gasteiger partial charge is 0.497 e. The molecule has 1 aromatic carbocycles. The van der Waals surface area contributed by atoms with Crippen LogP contribution >= 0.6 is 0 Å². The highest BCUT2D eigenvalue weighted by Gasteiger charge is 2.19. The van der Waals surface area contributed by atoms with E-state index < -0.39 is 0 Å². The van der Waals surface area contributed by atoms with Gasteiger partial charge in [-0.3, -0.25) is 0 Å². The number of ether oxygens (including phenoxy) is 1. The van der Waals surface area contributed by atoms with Crippen molar-refractivity contribution in [3.8, 4) is 5.75 Å². The van der Waals surface area contributed by atoms with Crippen LogP contribution in [0.15, 0.2) is 33.5 Å². The van der Waals surface area contributed by atoms with Crippen molar-refractivity contribution in [2.24, 2.45) is 0 Å². The molecule has 0 unspecified atom stereocenters. The topological polar surface area (TPSA) is 39.4 Å². The second kappa shape index (κ2) is 3.91. The van der Waals surface area contributed by atoms with E-state index in [1.807, 2.05) is 39.0 Å². The molecule has 2 rings (SSSR count). The Morgan fingerprint density at radius 1 is 1.18 bits per heavy atom. The van der Waals surface area contributed by atoms with Gasteiger partial charge in [0.2, 0.25) is 0 Å². The monoisotopic (exact) mass is 232 g/mol. The van der Waals surface area contributed by atoms with Crippen molar-refractivity contribution >= 4 is 11.0 Å². The first-order chi connectivity index (χ1) is 7.91. The SMILES string of the molecule is COc1ccc2cc(C(C)(C)C)c(=O)oc2c1. The van der Waals surface area contributed by atoms with Crippen LogP contribution in [0.4, 0.5) is 0 Å². The zero-order valence-electron chi connectivity index (χ0n) is 10.5. The lowest BCUT2D eigenvalue weighted by atomic mass is 9.88. The molecule has 17 heavy (non-hydrogen) atoms. The van der Waals surface area contributed by atoms with Gasteiger partial charge in [0.1, 0.15) is 11.3 Å². The fraction of sp³-hybridized carbons (Fsp3) is 0.357. The number of hydrogen-bond donors (Lipinski definition) is 0. The van der Waals surface area contributed by atoms with Gasteiger partial charge in [-0.15, -0.1) is 0 Å². The van der Waals surface area contributed by atoms with Crippen LogP contribution in [-0.4, -0.2) is 7.11 Å². The van der Waals surface area contributed by atoms with Crippen LogP contribution in [0.3, 0.4) is 0 Å². The van der Waals surface area contributed by atoms with Gasteiger partial charge in [0.25, 0.3) is 0 Å². The van der Waals surface area contributed by atoms with Crippen LogP contribution in [0.1, 0.15) is 26.3 Å². The summed E-state index contributed by atoms with van der Waals surface area (Å²) in [4.78, 5) is 11.9. The van der Waals surface area contributed by atoms with Crippen LogP contribution in [0.2, 0.25) is 0 Å². The molecular formula is C14H16O3. The van der Waals surface area contributed by atoms with Crippen molar-refractivity contribution in [3.63, 3.8) is 0 Å². The number of benzene rings is 1. The summed E-state index contributed by atoms with van der Waals surface area (Å²) in [5.41, 5.74) is 0.755. The van der Waals surface area contributed by atoms with E-state index in [4.69, 9.17) is 9.15 Å². The van der Waals surface area contributed by atoms with Crippen molar-refractivity contribution in [1.82, 2.24) is 0 Å². The molecule has 3 heteroatoms. The second-order valence-electron chi connectivity index (χ2n) is 5.10. The van der Waals surface area contributed by atoms with Gasteiger partial charge >= 0.3 is 5.63 Å². The zero-order chi connectivity index (χ0) is 12.6. The van der Waals surface area contributed by atoms with Crippen molar-refractivity contribution < 1.29 is 9.15 Å². The fourth-order valence-corrected chi connectivity index (χ4v) is 1.74. The Hall–Kier alpha value is -1.77. The highest BCUT2D eigenvalue weighted by molar-refractivity contribution is 5.78. The predicted octanol–water partition coefficient (Wildman–Crippen LogP) is 3.10. The lowest BCUT2D eigenvalue weighted by Gasteiger charge is -2.17. The Morgan fingerprint density at radius 2 is 1.88 bits per heavy atom. The van der Waals surface area contributed by atoms with Gasteiger partial charge in [-0.2, -0.15) is 0 Å². The van der Waals surface area contributed by atoms with Gasteiger partial charge < -0.3 is 9.15 Å². The quantitative estimate of drug-likeness (QED) is 0.709. The van der Waals surface area contributed by atoms with Crippen LogP contribution in [-0.2, 0) is 5.41 Å². The molecule has 0 aliphatic heterocycles. The first kappa shape index (κ1) is 11.7. The van der Waals surface area contributed by atoms with Crippen molar-refractivity contribution in [3.05, 3.63) is 40.2 Å². The lowest BCUT2D eigenvalue weighted by Crippen LogP contribution is -2.21. The maximum atomic E-state index is 11.9. The minimum absolute atomic E-state index is 0.214. The van der Waals surface area contributed by atoms with E-state index in [9.17, 15) is 4.79 Å². The van der Waals surface area contributed by atoms with E-state index in [-0.39, 0.29) is 11.0 Å². The Morgan fingerprint density at radius 3 is 2.47 bits per heavy atom. The summed E-state index contributed by atoms with van der Waals surface area (Å²) in [6, 6.07) is 7.37. The molecular weight excluding hydrogens is 216 g/mol. The molecule has 0 saturated heterocycles. The molecule has 0 spiro atoms. The molecule has 0 N–H and O–H groups in total. The average Bonchev–Trinajstić information content (AvgIpc) is 2.25. The number of hydrogen-bond acceptors (Lipinski definition) is 3. The summed E-state index contributed by atoms with van der Waals surface area (Å²) in [6.45, 7) is 5.98. The molecule has 90 valence electrons. The second-order valence-corrected chi connectivity index (χ2v) is 5.10. The fourth-order valence-electron chi connectivity index (χ4n) is 1.74. The van der Waals surface area contributed by atoms with E-state index >= 15 is 0 Å². The first-order valence-corrected chi connectivity index (χ1v) is 5.54. The highest BCUT2D eigenvalue weighted by atomic mass is 16.5. The summed E-state index contributed by atoms with van der Waals surface area (Å²) >= 11 is 0. The van der Waals surface area contributed by atoms with Gasteiger partial charge in [-0.25, -0.2) is 4.79 Å². The van der Waals surface area contributed by atoms with Crippen LogP contribution in [0, 0.1) is 0 Å². The van der Waals surface area contributed by atoms with Crippen molar-refractivity contribution in [2.75, 3.05) is 7.11 Å². The Labute approximate surface area is 100 Å². The summed E-state index contributed by atoms with van der Waals surface area (Å²) in [5, 5.41) is 0.912. The maximum absolute atomic E-state index is 11.9.